The van der Waals surface area contributed by atoms with Crippen molar-refractivity contribution in [2.45, 2.75) is 24.4 Å². The van der Waals surface area contributed by atoms with Crippen LogP contribution in [0.15, 0.2) is 29.6 Å². The van der Waals surface area contributed by atoms with E-state index in [1.54, 1.807) is 13.0 Å². The quantitative estimate of drug-likeness (QED) is 0.515. The van der Waals surface area contributed by atoms with Crippen LogP contribution in [-0.4, -0.2) is 33.3 Å². The molecule has 1 N–H and O–H groups in total. The van der Waals surface area contributed by atoms with E-state index in [4.69, 9.17) is 13.6 Å². The largest absolute Gasteiger partial charge is 1.00 e. The van der Waals surface area contributed by atoms with Crippen LogP contribution >= 0.6 is 0 Å². The van der Waals surface area contributed by atoms with Gasteiger partial charge in [-0.3, -0.25) is 9.19 Å². The Labute approximate surface area is 180 Å². The number of aromatic nitrogens is 3. The second kappa shape index (κ2) is 8.96. The van der Waals surface area contributed by atoms with Crippen LogP contribution in [0.3, 0.4) is 0 Å². The number of pyridine rings is 1. The molecule has 0 saturated carbocycles. The summed E-state index contributed by atoms with van der Waals surface area (Å²) in [6.45, 7) is 1.30. The summed E-state index contributed by atoms with van der Waals surface area (Å²) in [6.07, 6.45) is 1.43. The molecule has 9 heteroatoms. The molecule has 0 bridgehead atoms. The first kappa shape index (κ1) is 16.7. The number of methoxy groups -OCH3 is 2. The number of aromatic amines is 1. The molecule has 3 aromatic rings. The summed E-state index contributed by atoms with van der Waals surface area (Å²) in [6, 6.07) is 4.56. The summed E-state index contributed by atoms with van der Waals surface area (Å²) in [5.41, 5.74) is 2.69. The fourth-order valence-corrected chi connectivity index (χ4v) is 3.64. The van der Waals surface area contributed by atoms with Crippen molar-refractivity contribution in [2.75, 3.05) is 14.1 Å². The minimum absolute atomic E-state index is 0. The molecule has 2 heterocycles. The molecule has 2 aromatic heterocycles. The topological polar surface area (TPSA) is 100 Å². The van der Waals surface area contributed by atoms with Crippen LogP contribution in [0.4, 0.5) is 0 Å². The van der Waals surface area contributed by atoms with E-state index < -0.39 is 24.4 Å². The van der Waals surface area contributed by atoms with Gasteiger partial charge in [0.25, 0.3) is 0 Å². The van der Waals surface area contributed by atoms with E-state index in [2.05, 4.69) is 15.0 Å². The maximum atomic E-state index is 12.8. The average molecular weight is 386 g/mol. The molecule has 0 aliphatic rings. The number of fused-ring (bicyclic) bond motifs is 1. The van der Waals surface area contributed by atoms with Crippen LogP contribution < -0.4 is 44.1 Å². The zero-order chi connectivity index (χ0) is 20.5. The molecule has 0 radical (unpaired) electrons. The first-order valence-electron chi connectivity index (χ1n) is 8.88. The molecular weight excluding hydrogens is 365 g/mol. The van der Waals surface area contributed by atoms with Gasteiger partial charge in [-0.05, 0) is 24.6 Å². The van der Waals surface area contributed by atoms with E-state index in [1.165, 1.54) is 25.4 Å². The SMILES string of the molecule is [2H]C([2H])([2H])Oc1ccc2nc(S(=O)Cc3ncc(C[O-])c(OC)c3C)[nH]c2c1.[Na+]. The Balaban J connectivity index is 0.00000300. The summed E-state index contributed by atoms with van der Waals surface area (Å²) in [5.74, 6) is 0.691. The Morgan fingerprint density at radius 2 is 2.19 bits per heavy atom. The monoisotopic (exact) mass is 386 g/mol. The third kappa shape index (κ3) is 4.10. The molecule has 0 aliphatic carbocycles. The number of H-pyrrole nitrogens is 1. The molecule has 0 saturated heterocycles. The normalized spacial score (nSPS) is 14.0. The summed E-state index contributed by atoms with van der Waals surface area (Å²) < 4.78 is 44.4. The van der Waals surface area contributed by atoms with Crippen molar-refractivity contribution in [3.8, 4) is 11.5 Å². The molecule has 1 aromatic carbocycles. The van der Waals surface area contributed by atoms with Crippen molar-refractivity contribution in [3.63, 3.8) is 0 Å². The van der Waals surface area contributed by atoms with Gasteiger partial charge in [0.05, 0.1) is 51.5 Å². The molecule has 7 nitrogen and oxygen atoms in total. The van der Waals surface area contributed by atoms with Gasteiger partial charge in [0, 0.05) is 17.8 Å². The third-order valence-electron chi connectivity index (χ3n) is 3.83. The van der Waals surface area contributed by atoms with Crippen LogP contribution in [0.2, 0.25) is 0 Å². The number of nitrogens with one attached hydrogen (secondary N) is 1. The van der Waals surface area contributed by atoms with E-state index in [9.17, 15) is 9.32 Å². The van der Waals surface area contributed by atoms with Crippen LogP contribution in [0.5, 0.6) is 11.5 Å². The van der Waals surface area contributed by atoms with Gasteiger partial charge >= 0.3 is 29.6 Å². The fraction of sp³-hybridized carbons (Fsp3) is 0.294. The number of ether oxygens (including phenoxy) is 2. The third-order valence-corrected chi connectivity index (χ3v) is 4.99. The van der Waals surface area contributed by atoms with Gasteiger partial charge in [-0.2, -0.15) is 0 Å². The average Bonchev–Trinajstić information content (AvgIpc) is 3.05. The van der Waals surface area contributed by atoms with Crippen molar-refractivity contribution >= 4 is 21.8 Å². The summed E-state index contributed by atoms with van der Waals surface area (Å²) in [4.78, 5) is 11.5. The minimum atomic E-state index is -2.56. The predicted molar refractivity (Wildman–Crippen MR) is 92.0 cm³/mol. The van der Waals surface area contributed by atoms with Gasteiger partial charge in [0.15, 0.2) is 5.16 Å². The van der Waals surface area contributed by atoms with Gasteiger partial charge in [0.1, 0.15) is 11.5 Å². The second-order valence-electron chi connectivity index (χ2n) is 5.35. The zero-order valence-electron chi connectivity index (χ0n) is 17.7. The van der Waals surface area contributed by atoms with Crippen molar-refractivity contribution in [3.05, 3.63) is 41.2 Å². The van der Waals surface area contributed by atoms with E-state index in [1.807, 2.05) is 0 Å². The maximum Gasteiger partial charge on any atom is 1.00 e. The van der Waals surface area contributed by atoms with Gasteiger partial charge < -0.3 is 19.6 Å². The van der Waals surface area contributed by atoms with Crippen LogP contribution in [0.1, 0.15) is 20.9 Å². The van der Waals surface area contributed by atoms with E-state index >= 15 is 0 Å². The smallest absolute Gasteiger partial charge is 0.851 e. The number of hydrogen-bond donors (Lipinski definition) is 1. The van der Waals surface area contributed by atoms with Crippen LogP contribution in [-0.2, 0) is 23.2 Å². The van der Waals surface area contributed by atoms with Gasteiger partial charge in [-0.1, -0.05) is 0 Å². The molecule has 0 amide bonds. The molecule has 3 rings (SSSR count). The summed E-state index contributed by atoms with van der Waals surface area (Å²) >= 11 is 0. The molecule has 132 valence electrons. The predicted octanol–water partition coefficient (Wildman–Crippen LogP) is -1.54. The first-order valence-corrected chi connectivity index (χ1v) is 8.70. The number of hydrogen-bond acceptors (Lipinski definition) is 6. The van der Waals surface area contributed by atoms with Gasteiger partial charge in [0.2, 0.25) is 0 Å². The van der Waals surface area contributed by atoms with Crippen molar-refractivity contribution in [2.24, 2.45) is 0 Å². The fourth-order valence-electron chi connectivity index (χ4n) is 2.54. The maximum absolute atomic E-state index is 12.8. The van der Waals surface area contributed by atoms with Gasteiger partial charge in [-0.15, -0.1) is 6.61 Å². The Morgan fingerprint density at radius 3 is 2.88 bits per heavy atom. The van der Waals surface area contributed by atoms with Crippen LogP contribution in [0, 0.1) is 6.92 Å². The number of imidazole rings is 1. The molecule has 1 unspecified atom stereocenters. The molecule has 1 atom stereocenters. The Morgan fingerprint density at radius 1 is 1.38 bits per heavy atom. The first-order chi connectivity index (χ1) is 13.2. The second-order valence-corrected chi connectivity index (χ2v) is 6.71. The van der Waals surface area contributed by atoms with E-state index in [0.29, 0.717) is 33.6 Å². The van der Waals surface area contributed by atoms with E-state index in [0.717, 1.165) is 0 Å². The summed E-state index contributed by atoms with van der Waals surface area (Å²) in [5, 5.41) is 11.4. The Hall–Kier alpha value is -1.45. The molecule has 0 aliphatic heterocycles. The molecular formula is C17H18N3NaO4S. The molecule has 0 spiro atoms. The minimum Gasteiger partial charge on any atom is -0.851 e. The number of benzene rings is 1. The van der Waals surface area contributed by atoms with E-state index in [-0.39, 0.29) is 46.2 Å². The van der Waals surface area contributed by atoms with Crippen LogP contribution in [0.25, 0.3) is 11.0 Å². The van der Waals surface area contributed by atoms with Crippen molar-refractivity contribution in [1.82, 2.24) is 15.0 Å². The zero-order valence-corrected chi connectivity index (χ0v) is 17.5. The Bertz CT molecular complexity index is 1040. The Kier molecular flexibility index (Phi) is 5.76. The number of nitrogens with zero attached hydrogens (tertiary/aromatic N) is 2. The summed E-state index contributed by atoms with van der Waals surface area (Å²) in [7, 11) is -2.62. The number of rotatable bonds is 6. The van der Waals surface area contributed by atoms with Crippen molar-refractivity contribution < 1.29 is 52.5 Å². The standard InChI is InChI=1S/C17H18N3O4S.Na/c1-10-15(18-7-11(8-21)16(10)24-3)9-25(22)17-19-13-5-4-12(23-2)6-14(13)20-17;/h4-7H,8-9H2,1-3H3,(H,19,20);/q-1;+1/i2D3;. The van der Waals surface area contributed by atoms with Gasteiger partial charge in [-0.25, -0.2) is 4.98 Å². The molecule has 0 fully saturated rings. The van der Waals surface area contributed by atoms with Crippen molar-refractivity contribution in [1.29, 1.82) is 0 Å². The molecule has 26 heavy (non-hydrogen) atoms.